The van der Waals surface area contributed by atoms with Crippen molar-refractivity contribution in [2.24, 2.45) is 5.92 Å². The van der Waals surface area contributed by atoms with Crippen LogP contribution in [0.1, 0.15) is 22.3 Å². The zero-order chi connectivity index (χ0) is 13.1. The molecule has 1 aromatic carbocycles. The smallest absolute Gasteiger partial charge is 0.337 e. The molecule has 1 unspecified atom stereocenters. The predicted molar refractivity (Wildman–Crippen MR) is 70.3 cm³/mol. The van der Waals surface area contributed by atoms with E-state index in [1.165, 1.54) is 0 Å². The van der Waals surface area contributed by atoms with E-state index in [-0.39, 0.29) is 0 Å². The number of methoxy groups -OCH3 is 1. The fraction of sp³-hybridized carbons (Fsp3) is 0.500. The number of hydrogen-bond donors (Lipinski definition) is 1. The van der Waals surface area contributed by atoms with Crippen molar-refractivity contribution >= 4 is 11.7 Å². The minimum absolute atomic E-state index is 0.396. The van der Waals surface area contributed by atoms with Crippen LogP contribution in [-0.4, -0.2) is 37.9 Å². The average molecular weight is 249 g/mol. The zero-order valence-corrected chi connectivity index (χ0v) is 10.8. The van der Waals surface area contributed by atoms with Crippen LogP contribution in [0, 0.1) is 12.8 Å². The summed E-state index contributed by atoms with van der Waals surface area (Å²) >= 11 is 0. The van der Waals surface area contributed by atoms with Gasteiger partial charge in [0.15, 0.2) is 0 Å². The number of rotatable bonds is 4. The summed E-state index contributed by atoms with van der Waals surface area (Å²) < 4.78 is 5.17. The minimum atomic E-state index is -0.858. The molecule has 0 amide bonds. The van der Waals surface area contributed by atoms with Gasteiger partial charge in [0.05, 0.1) is 17.9 Å². The van der Waals surface area contributed by atoms with Gasteiger partial charge in [-0.1, -0.05) is 12.1 Å². The van der Waals surface area contributed by atoms with Crippen molar-refractivity contribution in [2.75, 3.05) is 31.7 Å². The third-order valence-electron chi connectivity index (χ3n) is 3.47. The molecule has 1 atom stereocenters. The molecule has 1 fully saturated rings. The van der Waals surface area contributed by atoms with Crippen LogP contribution >= 0.6 is 0 Å². The van der Waals surface area contributed by atoms with Gasteiger partial charge < -0.3 is 14.7 Å². The Balaban J connectivity index is 2.26. The van der Waals surface area contributed by atoms with Crippen LogP contribution in [0.25, 0.3) is 0 Å². The van der Waals surface area contributed by atoms with Gasteiger partial charge in [0, 0.05) is 26.1 Å². The van der Waals surface area contributed by atoms with Crippen LogP contribution < -0.4 is 4.90 Å². The molecular weight excluding hydrogens is 230 g/mol. The van der Waals surface area contributed by atoms with Gasteiger partial charge in [-0.05, 0) is 25.0 Å². The number of carbonyl (C=O) groups is 1. The van der Waals surface area contributed by atoms with Gasteiger partial charge in [0.2, 0.25) is 0 Å². The van der Waals surface area contributed by atoms with Crippen LogP contribution in [0.5, 0.6) is 0 Å². The highest BCUT2D eigenvalue weighted by atomic mass is 16.5. The maximum Gasteiger partial charge on any atom is 0.337 e. The Hall–Kier alpha value is -1.55. The third kappa shape index (κ3) is 2.48. The Bertz CT molecular complexity index is 445. The standard InChI is InChI=1S/C14H19NO3/c1-10-4-3-5-12(14(16)17)13(10)15-7-6-11(8-15)9-18-2/h3-5,11H,6-9H2,1-2H3,(H,16,17). The number of aromatic carboxylic acids is 1. The molecule has 1 heterocycles. The molecule has 0 aliphatic carbocycles. The largest absolute Gasteiger partial charge is 0.478 e. The summed E-state index contributed by atoms with van der Waals surface area (Å²) in [5.41, 5.74) is 2.28. The molecule has 1 aromatic rings. The fourth-order valence-corrected chi connectivity index (χ4v) is 2.66. The maximum absolute atomic E-state index is 11.3. The Kier molecular flexibility index (Phi) is 3.87. The van der Waals surface area contributed by atoms with E-state index in [0.29, 0.717) is 11.5 Å². The summed E-state index contributed by atoms with van der Waals surface area (Å²) in [6.45, 7) is 4.48. The topological polar surface area (TPSA) is 49.8 Å². The van der Waals surface area contributed by atoms with Crippen LogP contribution in [0.3, 0.4) is 0 Å². The second-order valence-electron chi connectivity index (χ2n) is 4.83. The molecule has 0 saturated carbocycles. The zero-order valence-electron chi connectivity index (χ0n) is 10.8. The lowest BCUT2D eigenvalue weighted by Gasteiger charge is -2.23. The van der Waals surface area contributed by atoms with E-state index in [0.717, 1.165) is 37.4 Å². The predicted octanol–water partition coefficient (Wildman–Crippen LogP) is 2.17. The molecule has 4 nitrogen and oxygen atoms in total. The third-order valence-corrected chi connectivity index (χ3v) is 3.47. The molecule has 1 aliphatic heterocycles. The maximum atomic E-state index is 11.3. The van der Waals surface area contributed by atoms with Gasteiger partial charge in [-0.3, -0.25) is 0 Å². The second kappa shape index (κ2) is 5.40. The molecule has 1 aliphatic rings. The number of hydrogen-bond acceptors (Lipinski definition) is 3. The van der Waals surface area contributed by atoms with Gasteiger partial charge in [-0.25, -0.2) is 4.79 Å². The first-order valence-electron chi connectivity index (χ1n) is 6.20. The number of carboxylic acids is 1. The Morgan fingerprint density at radius 3 is 3.00 bits per heavy atom. The van der Waals surface area contributed by atoms with Crippen molar-refractivity contribution in [3.8, 4) is 0 Å². The molecule has 18 heavy (non-hydrogen) atoms. The summed E-state index contributed by atoms with van der Waals surface area (Å²) in [6.07, 6.45) is 1.06. The highest BCUT2D eigenvalue weighted by molar-refractivity contribution is 5.95. The Labute approximate surface area is 107 Å². The van der Waals surface area contributed by atoms with Gasteiger partial charge >= 0.3 is 5.97 Å². The molecule has 0 aromatic heterocycles. The number of anilines is 1. The van der Waals surface area contributed by atoms with Gasteiger partial charge in [-0.2, -0.15) is 0 Å². The molecule has 0 radical (unpaired) electrons. The van der Waals surface area contributed by atoms with Crippen molar-refractivity contribution < 1.29 is 14.6 Å². The molecule has 0 spiro atoms. The van der Waals surface area contributed by atoms with E-state index < -0.39 is 5.97 Å². The van der Waals surface area contributed by atoms with E-state index in [2.05, 4.69) is 4.90 Å². The number of ether oxygens (including phenoxy) is 1. The molecule has 2 rings (SSSR count). The summed E-state index contributed by atoms with van der Waals surface area (Å²) in [4.78, 5) is 13.5. The lowest BCUT2D eigenvalue weighted by atomic mass is 10.1. The van der Waals surface area contributed by atoms with Gasteiger partial charge in [-0.15, -0.1) is 0 Å². The molecular formula is C14H19NO3. The number of aryl methyl sites for hydroxylation is 1. The number of para-hydroxylation sites is 1. The van der Waals surface area contributed by atoms with E-state index in [4.69, 9.17) is 4.74 Å². The van der Waals surface area contributed by atoms with E-state index >= 15 is 0 Å². The highest BCUT2D eigenvalue weighted by Crippen LogP contribution is 2.30. The van der Waals surface area contributed by atoms with E-state index in [1.54, 1.807) is 19.2 Å². The first-order valence-corrected chi connectivity index (χ1v) is 6.20. The van der Waals surface area contributed by atoms with Crippen molar-refractivity contribution in [3.63, 3.8) is 0 Å². The second-order valence-corrected chi connectivity index (χ2v) is 4.83. The van der Waals surface area contributed by atoms with Gasteiger partial charge in [0.25, 0.3) is 0 Å². The van der Waals surface area contributed by atoms with Crippen LogP contribution in [0.15, 0.2) is 18.2 Å². The number of carboxylic acid groups (broad SMARTS) is 1. The molecule has 1 saturated heterocycles. The van der Waals surface area contributed by atoms with E-state index in [1.807, 2.05) is 13.0 Å². The molecule has 4 heteroatoms. The van der Waals surface area contributed by atoms with E-state index in [9.17, 15) is 9.90 Å². The molecule has 0 bridgehead atoms. The highest BCUT2D eigenvalue weighted by Gasteiger charge is 2.26. The van der Waals surface area contributed by atoms with Crippen molar-refractivity contribution in [1.29, 1.82) is 0 Å². The lowest BCUT2D eigenvalue weighted by molar-refractivity contribution is 0.0697. The summed E-state index contributed by atoms with van der Waals surface area (Å²) in [7, 11) is 1.71. The lowest BCUT2D eigenvalue weighted by Crippen LogP contribution is -2.24. The Morgan fingerprint density at radius 2 is 2.33 bits per heavy atom. The quantitative estimate of drug-likeness (QED) is 0.888. The van der Waals surface area contributed by atoms with Gasteiger partial charge in [0.1, 0.15) is 0 Å². The van der Waals surface area contributed by atoms with Crippen molar-refractivity contribution in [1.82, 2.24) is 0 Å². The minimum Gasteiger partial charge on any atom is -0.478 e. The molecule has 1 N–H and O–H groups in total. The first-order chi connectivity index (χ1) is 8.63. The fourth-order valence-electron chi connectivity index (χ4n) is 2.66. The van der Waals surface area contributed by atoms with Crippen LogP contribution in [0.4, 0.5) is 5.69 Å². The van der Waals surface area contributed by atoms with Crippen molar-refractivity contribution in [2.45, 2.75) is 13.3 Å². The monoisotopic (exact) mass is 249 g/mol. The normalized spacial score (nSPS) is 19.2. The number of benzene rings is 1. The van der Waals surface area contributed by atoms with Crippen LogP contribution in [-0.2, 0) is 4.74 Å². The summed E-state index contributed by atoms with van der Waals surface area (Å²) in [5, 5.41) is 9.27. The summed E-state index contributed by atoms with van der Waals surface area (Å²) in [5.74, 6) is -0.361. The first kappa shape index (κ1) is 12.9. The Morgan fingerprint density at radius 1 is 1.56 bits per heavy atom. The SMILES string of the molecule is COCC1CCN(c2c(C)cccc2C(=O)O)C1. The number of nitrogens with zero attached hydrogens (tertiary/aromatic N) is 1. The van der Waals surface area contributed by atoms with Crippen molar-refractivity contribution in [3.05, 3.63) is 29.3 Å². The summed E-state index contributed by atoms with van der Waals surface area (Å²) in [6, 6.07) is 5.44. The molecule has 98 valence electrons. The average Bonchev–Trinajstić information content (AvgIpc) is 2.77. The van der Waals surface area contributed by atoms with Crippen LogP contribution in [0.2, 0.25) is 0 Å².